The topological polar surface area (TPSA) is 97.3 Å². The number of hydrogen-bond donors (Lipinski definition) is 3. The fraction of sp³-hybridized carbons (Fsp3) is 0.0800. The summed E-state index contributed by atoms with van der Waals surface area (Å²) in [7, 11) is 0. The second-order valence-corrected chi connectivity index (χ2v) is 7.84. The first-order valence-electron chi connectivity index (χ1n) is 10.7. The lowest BCUT2D eigenvalue weighted by Crippen LogP contribution is -2.27. The standard InChI is InChI=1S/C25H19F2N5O3/c1-14-22-21(10-11-28-23(22)31-30-14)35-20-9-6-16(13-19(20)27)29-24(33)18-3-2-12-32(25(18)34)17-7-4-15(26)5-8-17/h2-14,30H,1H3,(H,28,31)(H,29,33). The number of hydrogen-bond acceptors (Lipinski definition) is 6. The molecule has 1 aliphatic rings. The number of anilines is 2. The van der Waals surface area contributed by atoms with Crippen molar-refractivity contribution in [2.45, 2.75) is 13.0 Å². The van der Waals surface area contributed by atoms with Crippen molar-refractivity contribution >= 4 is 17.4 Å². The second-order valence-electron chi connectivity index (χ2n) is 7.84. The Labute approximate surface area is 198 Å². The van der Waals surface area contributed by atoms with Gasteiger partial charge in [-0.05, 0) is 61.5 Å². The maximum absolute atomic E-state index is 14.8. The van der Waals surface area contributed by atoms with E-state index in [9.17, 15) is 18.4 Å². The third kappa shape index (κ3) is 4.34. The van der Waals surface area contributed by atoms with Crippen LogP contribution in [0.15, 0.2) is 77.9 Å². The molecule has 2 aromatic heterocycles. The van der Waals surface area contributed by atoms with E-state index in [1.165, 1.54) is 59.3 Å². The number of carbonyl (C=O) groups excluding carboxylic acids is 1. The van der Waals surface area contributed by atoms with Gasteiger partial charge in [0, 0.05) is 29.8 Å². The van der Waals surface area contributed by atoms with Crippen molar-refractivity contribution in [3.63, 3.8) is 0 Å². The molecular formula is C25H19F2N5O3. The molecule has 4 aromatic rings. The minimum absolute atomic E-state index is 0.0334. The van der Waals surface area contributed by atoms with Gasteiger partial charge in [-0.1, -0.05) is 0 Å². The molecule has 5 rings (SSSR count). The number of carbonyl (C=O) groups is 1. The molecule has 0 saturated heterocycles. The van der Waals surface area contributed by atoms with E-state index in [-0.39, 0.29) is 23.0 Å². The predicted octanol–water partition coefficient (Wildman–Crippen LogP) is 4.55. The minimum atomic E-state index is -0.711. The Bertz CT molecular complexity index is 1490. The minimum Gasteiger partial charge on any atom is -0.454 e. The van der Waals surface area contributed by atoms with Gasteiger partial charge in [0.25, 0.3) is 11.5 Å². The van der Waals surface area contributed by atoms with Crippen LogP contribution in [-0.4, -0.2) is 15.5 Å². The summed E-state index contributed by atoms with van der Waals surface area (Å²) in [5, 5.41) is 2.53. The third-order valence-corrected chi connectivity index (χ3v) is 5.50. The van der Waals surface area contributed by atoms with E-state index in [2.05, 4.69) is 21.2 Å². The lowest BCUT2D eigenvalue weighted by Gasteiger charge is -2.13. The molecule has 0 fully saturated rings. The lowest BCUT2D eigenvalue weighted by molar-refractivity contribution is 0.102. The number of ether oxygens (including phenoxy) is 1. The quantitative estimate of drug-likeness (QED) is 0.392. The van der Waals surface area contributed by atoms with Crippen LogP contribution in [-0.2, 0) is 0 Å². The van der Waals surface area contributed by atoms with Crippen LogP contribution in [0.1, 0.15) is 28.9 Å². The van der Waals surface area contributed by atoms with E-state index in [0.29, 0.717) is 17.3 Å². The summed E-state index contributed by atoms with van der Waals surface area (Å²) in [5.74, 6) is -0.834. The van der Waals surface area contributed by atoms with Crippen LogP contribution in [0.3, 0.4) is 0 Å². The Kier molecular flexibility index (Phi) is 5.71. The van der Waals surface area contributed by atoms with Crippen LogP contribution in [0.25, 0.3) is 5.69 Å². The van der Waals surface area contributed by atoms with E-state index in [1.807, 2.05) is 6.92 Å². The van der Waals surface area contributed by atoms with Crippen molar-refractivity contribution in [1.29, 1.82) is 0 Å². The molecule has 3 heterocycles. The molecule has 8 nitrogen and oxygen atoms in total. The number of pyridine rings is 2. The molecule has 1 amide bonds. The molecule has 10 heteroatoms. The Morgan fingerprint density at radius 1 is 1.09 bits per heavy atom. The first-order chi connectivity index (χ1) is 16.9. The number of hydrazine groups is 1. The number of aromatic nitrogens is 2. The van der Waals surface area contributed by atoms with Gasteiger partial charge in [-0.2, -0.15) is 0 Å². The smallest absolute Gasteiger partial charge is 0.267 e. The highest BCUT2D eigenvalue weighted by Gasteiger charge is 2.24. The molecule has 1 aliphatic heterocycles. The fourth-order valence-corrected chi connectivity index (χ4v) is 3.76. The van der Waals surface area contributed by atoms with Gasteiger partial charge in [-0.25, -0.2) is 19.2 Å². The van der Waals surface area contributed by atoms with E-state index < -0.39 is 23.1 Å². The van der Waals surface area contributed by atoms with Crippen molar-refractivity contribution in [1.82, 2.24) is 15.0 Å². The van der Waals surface area contributed by atoms with Crippen molar-refractivity contribution in [2.24, 2.45) is 0 Å². The Hall–Kier alpha value is -4.57. The Morgan fingerprint density at radius 2 is 1.89 bits per heavy atom. The number of fused-ring (bicyclic) bond motifs is 1. The maximum Gasteiger partial charge on any atom is 0.267 e. The van der Waals surface area contributed by atoms with Gasteiger partial charge in [0.2, 0.25) is 0 Å². The molecule has 0 bridgehead atoms. The van der Waals surface area contributed by atoms with Crippen LogP contribution in [0.4, 0.5) is 20.3 Å². The number of nitrogens with one attached hydrogen (secondary N) is 3. The largest absolute Gasteiger partial charge is 0.454 e. The van der Waals surface area contributed by atoms with Crippen LogP contribution >= 0.6 is 0 Å². The normalized spacial score (nSPS) is 14.2. The Balaban J connectivity index is 1.36. The fourth-order valence-electron chi connectivity index (χ4n) is 3.76. The van der Waals surface area contributed by atoms with Gasteiger partial charge in [0.1, 0.15) is 22.9 Å². The number of benzene rings is 2. The highest BCUT2D eigenvalue weighted by Crippen LogP contribution is 2.37. The highest BCUT2D eigenvalue weighted by molar-refractivity contribution is 6.04. The first-order valence-corrected chi connectivity index (χ1v) is 10.7. The van der Waals surface area contributed by atoms with Gasteiger partial charge >= 0.3 is 0 Å². The number of nitrogens with zero attached hydrogens (tertiary/aromatic N) is 2. The van der Waals surface area contributed by atoms with E-state index in [0.717, 1.165) is 11.6 Å². The highest BCUT2D eigenvalue weighted by atomic mass is 19.1. The molecule has 3 N–H and O–H groups in total. The molecule has 176 valence electrons. The van der Waals surface area contributed by atoms with Crippen LogP contribution in [0.2, 0.25) is 0 Å². The van der Waals surface area contributed by atoms with E-state index in [1.54, 1.807) is 12.3 Å². The molecule has 0 radical (unpaired) electrons. The summed E-state index contributed by atoms with van der Waals surface area (Å²) in [6, 6.07) is 13.7. The van der Waals surface area contributed by atoms with Gasteiger partial charge in [0.15, 0.2) is 11.6 Å². The molecule has 35 heavy (non-hydrogen) atoms. The molecule has 0 aliphatic carbocycles. The number of amides is 1. The molecule has 0 spiro atoms. The molecule has 2 aromatic carbocycles. The monoisotopic (exact) mass is 475 g/mol. The maximum atomic E-state index is 14.8. The zero-order valence-electron chi connectivity index (χ0n) is 18.4. The van der Waals surface area contributed by atoms with Gasteiger partial charge < -0.3 is 15.5 Å². The Morgan fingerprint density at radius 3 is 2.66 bits per heavy atom. The molecule has 1 unspecified atom stereocenters. The van der Waals surface area contributed by atoms with Crippen LogP contribution < -0.4 is 26.5 Å². The summed E-state index contributed by atoms with van der Waals surface area (Å²) in [4.78, 5) is 29.8. The van der Waals surface area contributed by atoms with Crippen LogP contribution in [0, 0.1) is 11.6 Å². The predicted molar refractivity (Wildman–Crippen MR) is 126 cm³/mol. The van der Waals surface area contributed by atoms with E-state index >= 15 is 0 Å². The van der Waals surface area contributed by atoms with Crippen molar-refractivity contribution < 1.29 is 18.3 Å². The molecule has 1 atom stereocenters. The van der Waals surface area contributed by atoms with E-state index in [4.69, 9.17) is 4.74 Å². The van der Waals surface area contributed by atoms with Crippen molar-refractivity contribution in [3.05, 3.63) is 106 Å². The van der Waals surface area contributed by atoms with Crippen molar-refractivity contribution in [3.8, 4) is 17.2 Å². The summed E-state index contributed by atoms with van der Waals surface area (Å²) in [6.45, 7) is 1.91. The lowest BCUT2D eigenvalue weighted by atomic mass is 10.1. The average molecular weight is 475 g/mol. The second kappa shape index (κ2) is 8.99. The average Bonchev–Trinajstić information content (AvgIpc) is 3.23. The van der Waals surface area contributed by atoms with Gasteiger partial charge in [-0.15, -0.1) is 0 Å². The third-order valence-electron chi connectivity index (χ3n) is 5.50. The summed E-state index contributed by atoms with van der Waals surface area (Å²) in [6.07, 6.45) is 3.02. The van der Waals surface area contributed by atoms with Gasteiger partial charge in [-0.3, -0.25) is 14.2 Å². The molecular weight excluding hydrogens is 456 g/mol. The number of rotatable bonds is 5. The summed E-state index contributed by atoms with van der Waals surface area (Å²) >= 11 is 0. The molecule has 0 saturated carbocycles. The van der Waals surface area contributed by atoms with Crippen molar-refractivity contribution in [2.75, 3.05) is 10.7 Å². The van der Waals surface area contributed by atoms with Gasteiger partial charge in [0.05, 0.1) is 11.6 Å². The number of halogens is 2. The zero-order chi connectivity index (χ0) is 24.5. The summed E-state index contributed by atoms with van der Waals surface area (Å²) < 4.78 is 35.0. The SMILES string of the molecule is CC1NNc2nccc(Oc3ccc(NC(=O)c4cccn(-c5ccc(F)cc5)c4=O)cc3F)c21. The zero-order valence-corrected chi connectivity index (χ0v) is 18.4. The first kappa shape index (κ1) is 22.2. The summed E-state index contributed by atoms with van der Waals surface area (Å²) in [5.41, 5.74) is 6.52. The van der Waals surface area contributed by atoms with Crippen LogP contribution in [0.5, 0.6) is 11.5 Å².